The van der Waals surface area contributed by atoms with E-state index in [4.69, 9.17) is 4.74 Å². The molecule has 1 amide bonds. The number of carbonyl (C=O) groups excluding carboxylic acids is 1. The number of anilines is 1. The Balaban J connectivity index is 2.12. The van der Waals surface area contributed by atoms with E-state index in [1.165, 1.54) is 16.9 Å². The van der Waals surface area contributed by atoms with E-state index in [0.29, 0.717) is 18.0 Å². The van der Waals surface area contributed by atoms with Crippen LogP contribution in [0.2, 0.25) is 0 Å². The summed E-state index contributed by atoms with van der Waals surface area (Å²) in [6.07, 6.45) is -4.68. The van der Waals surface area contributed by atoms with E-state index in [-0.39, 0.29) is 5.56 Å². The summed E-state index contributed by atoms with van der Waals surface area (Å²) in [6, 6.07) is 11.3. The summed E-state index contributed by atoms with van der Waals surface area (Å²) in [5.41, 5.74) is 0.436. The fourth-order valence-electron chi connectivity index (χ4n) is 2.07. The Bertz CT molecular complexity index is 897. The molecule has 2 rings (SSSR count). The third kappa shape index (κ3) is 6.26. The lowest BCUT2D eigenvalue weighted by Crippen LogP contribution is -2.33. The lowest BCUT2D eigenvalue weighted by atomic mass is 10.2. The minimum Gasteiger partial charge on any atom is -0.494 e. The van der Waals surface area contributed by atoms with Gasteiger partial charge in [-0.15, -0.1) is 0 Å². The van der Waals surface area contributed by atoms with Gasteiger partial charge in [-0.05, 0) is 49.4 Å². The predicted octanol–water partition coefficient (Wildman–Crippen LogP) is 3.18. The molecule has 0 aliphatic carbocycles. The summed E-state index contributed by atoms with van der Waals surface area (Å²) in [4.78, 5) is 11.8. The third-order valence-corrected chi connectivity index (χ3v) is 4.69. The van der Waals surface area contributed by atoms with Crippen molar-refractivity contribution in [2.24, 2.45) is 0 Å². The number of amides is 1. The van der Waals surface area contributed by atoms with Crippen molar-refractivity contribution in [2.75, 3.05) is 18.5 Å². The number of sulfonamides is 1. The Morgan fingerprint density at radius 2 is 1.78 bits per heavy atom. The van der Waals surface area contributed by atoms with Crippen molar-refractivity contribution in [3.8, 4) is 5.75 Å². The summed E-state index contributed by atoms with van der Waals surface area (Å²) in [5, 5.41) is 2.57. The van der Waals surface area contributed by atoms with E-state index < -0.39 is 33.5 Å². The molecule has 0 atom stereocenters. The number of halogens is 3. The highest BCUT2D eigenvalue weighted by Crippen LogP contribution is 2.19. The van der Waals surface area contributed by atoms with Crippen LogP contribution in [0.15, 0.2) is 53.4 Å². The second-order valence-electron chi connectivity index (χ2n) is 5.38. The molecule has 2 aromatic rings. The van der Waals surface area contributed by atoms with Crippen molar-refractivity contribution in [3.63, 3.8) is 0 Å². The van der Waals surface area contributed by atoms with E-state index in [1.54, 1.807) is 24.3 Å². The second-order valence-corrected chi connectivity index (χ2v) is 7.15. The minimum atomic E-state index is -4.68. The summed E-state index contributed by atoms with van der Waals surface area (Å²) >= 11 is 0. The van der Waals surface area contributed by atoms with Crippen molar-refractivity contribution >= 4 is 21.6 Å². The van der Waals surface area contributed by atoms with Crippen LogP contribution in [0.1, 0.15) is 17.3 Å². The molecule has 0 fully saturated rings. The highest BCUT2D eigenvalue weighted by Gasteiger charge is 2.30. The largest absolute Gasteiger partial charge is 0.494 e. The molecule has 0 aliphatic heterocycles. The van der Waals surface area contributed by atoms with Crippen LogP contribution in [-0.2, 0) is 10.0 Å². The standard InChI is InChI=1S/C17H17F3N2O4S/c1-2-26-14-8-6-13(7-9-14)22-16(23)12-4-3-5-15(10-12)27(24,25)21-11-17(18,19)20/h3-10,21H,2,11H2,1H3,(H,22,23). The van der Waals surface area contributed by atoms with Gasteiger partial charge in [0.15, 0.2) is 0 Å². The Morgan fingerprint density at radius 1 is 1.11 bits per heavy atom. The molecular weight excluding hydrogens is 385 g/mol. The van der Waals surface area contributed by atoms with E-state index in [0.717, 1.165) is 12.1 Å². The topological polar surface area (TPSA) is 84.5 Å². The molecule has 6 nitrogen and oxygen atoms in total. The molecule has 0 heterocycles. The molecule has 27 heavy (non-hydrogen) atoms. The van der Waals surface area contributed by atoms with Crippen LogP contribution >= 0.6 is 0 Å². The first-order chi connectivity index (χ1) is 12.6. The van der Waals surface area contributed by atoms with E-state index in [1.807, 2.05) is 6.92 Å². The van der Waals surface area contributed by atoms with Crippen molar-refractivity contribution < 1.29 is 31.1 Å². The first-order valence-corrected chi connectivity index (χ1v) is 9.30. The number of hydrogen-bond donors (Lipinski definition) is 2. The van der Waals surface area contributed by atoms with E-state index in [2.05, 4.69) is 5.32 Å². The summed E-state index contributed by atoms with van der Waals surface area (Å²) in [5.74, 6) is 0.0198. The molecule has 2 N–H and O–H groups in total. The second kappa shape index (κ2) is 8.40. The SMILES string of the molecule is CCOc1ccc(NC(=O)c2cccc(S(=O)(=O)NCC(F)(F)F)c2)cc1. The fourth-order valence-corrected chi connectivity index (χ4v) is 3.13. The maximum absolute atomic E-state index is 12.3. The Labute approximate surface area is 154 Å². The van der Waals surface area contributed by atoms with Gasteiger partial charge >= 0.3 is 6.18 Å². The van der Waals surface area contributed by atoms with Gasteiger partial charge in [0.1, 0.15) is 12.3 Å². The van der Waals surface area contributed by atoms with Crippen molar-refractivity contribution in [2.45, 2.75) is 18.0 Å². The third-order valence-electron chi connectivity index (χ3n) is 3.29. The number of hydrogen-bond acceptors (Lipinski definition) is 4. The van der Waals surface area contributed by atoms with Crippen molar-refractivity contribution in [3.05, 3.63) is 54.1 Å². The molecule has 0 saturated carbocycles. The predicted molar refractivity (Wildman–Crippen MR) is 93.2 cm³/mol. The molecule has 0 aromatic heterocycles. The van der Waals surface area contributed by atoms with E-state index in [9.17, 15) is 26.4 Å². The van der Waals surface area contributed by atoms with Gasteiger partial charge in [0.05, 0.1) is 11.5 Å². The highest BCUT2D eigenvalue weighted by atomic mass is 32.2. The Morgan fingerprint density at radius 3 is 2.37 bits per heavy atom. The average Bonchev–Trinajstić information content (AvgIpc) is 2.61. The maximum atomic E-state index is 12.3. The highest BCUT2D eigenvalue weighted by molar-refractivity contribution is 7.89. The minimum absolute atomic E-state index is 0.0150. The Hall–Kier alpha value is -2.59. The zero-order chi connectivity index (χ0) is 20.1. The molecule has 0 radical (unpaired) electrons. The fraction of sp³-hybridized carbons (Fsp3) is 0.235. The number of alkyl halides is 3. The van der Waals surface area contributed by atoms with Gasteiger partial charge in [-0.25, -0.2) is 13.1 Å². The molecule has 2 aromatic carbocycles. The Kier molecular flexibility index (Phi) is 6.45. The maximum Gasteiger partial charge on any atom is 0.402 e. The first kappa shape index (κ1) is 20.7. The van der Waals surface area contributed by atoms with Gasteiger partial charge in [-0.3, -0.25) is 4.79 Å². The average molecular weight is 402 g/mol. The molecule has 10 heteroatoms. The van der Waals surface area contributed by atoms with Crippen LogP contribution < -0.4 is 14.8 Å². The number of benzene rings is 2. The van der Waals surface area contributed by atoms with Gasteiger partial charge in [0.2, 0.25) is 10.0 Å². The van der Waals surface area contributed by atoms with Gasteiger partial charge in [-0.1, -0.05) is 6.07 Å². The van der Waals surface area contributed by atoms with Crippen LogP contribution in [0, 0.1) is 0 Å². The zero-order valence-electron chi connectivity index (χ0n) is 14.2. The first-order valence-electron chi connectivity index (χ1n) is 7.81. The quantitative estimate of drug-likeness (QED) is 0.745. The lowest BCUT2D eigenvalue weighted by molar-refractivity contribution is -0.121. The van der Waals surface area contributed by atoms with Crippen LogP contribution in [0.25, 0.3) is 0 Å². The van der Waals surface area contributed by atoms with Crippen LogP contribution in [0.4, 0.5) is 18.9 Å². The molecule has 0 saturated heterocycles. The van der Waals surface area contributed by atoms with Crippen molar-refractivity contribution in [1.29, 1.82) is 0 Å². The molecule has 0 bridgehead atoms. The molecular formula is C17H17F3N2O4S. The number of carbonyl (C=O) groups is 1. The van der Waals surface area contributed by atoms with Gasteiger partial charge in [0.25, 0.3) is 5.91 Å². The van der Waals surface area contributed by atoms with Crippen LogP contribution in [-0.4, -0.2) is 33.7 Å². The van der Waals surface area contributed by atoms with Crippen LogP contribution in [0.5, 0.6) is 5.75 Å². The lowest BCUT2D eigenvalue weighted by Gasteiger charge is -2.11. The van der Waals surface area contributed by atoms with Crippen LogP contribution in [0.3, 0.4) is 0 Å². The zero-order valence-corrected chi connectivity index (χ0v) is 15.0. The number of nitrogens with one attached hydrogen (secondary N) is 2. The number of rotatable bonds is 7. The summed E-state index contributed by atoms with van der Waals surface area (Å²) in [7, 11) is -4.40. The number of ether oxygens (including phenoxy) is 1. The van der Waals surface area contributed by atoms with Gasteiger partial charge < -0.3 is 10.1 Å². The molecule has 0 spiro atoms. The van der Waals surface area contributed by atoms with Gasteiger partial charge in [0, 0.05) is 11.3 Å². The molecule has 0 aliphatic rings. The summed E-state index contributed by atoms with van der Waals surface area (Å²) in [6.45, 7) is 0.633. The normalized spacial score (nSPS) is 11.9. The van der Waals surface area contributed by atoms with Crippen molar-refractivity contribution in [1.82, 2.24) is 4.72 Å². The monoisotopic (exact) mass is 402 g/mol. The smallest absolute Gasteiger partial charge is 0.402 e. The van der Waals surface area contributed by atoms with Gasteiger partial charge in [-0.2, -0.15) is 13.2 Å². The van der Waals surface area contributed by atoms with E-state index >= 15 is 0 Å². The summed E-state index contributed by atoms with van der Waals surface area (Å²) < 4.78 is 67.3. The molecule has 0 unspecified atom stereocenters. The molecule has 146 valence electrons.